The lowest BCUT2D eigenvalue weighted by Crippen LogP contribution is -2.35. The first kappa shape index (κ1) is 25.8. The molecule has 5 nitrogen and oxygen atoms in total. The van der Waals surface area contributed by atoms with Crippen LogP contribution in [0.15, 0.2) is 36.4 Å². The Labute approximate surface area is 201 Å². The standard InChI is InChI=1S/C28H36FN3O2/c1-3-8-21-16-19-32(20-17-21)18-7-10-25-24(4-2)31-28(22-12-14-23(29)15-13-22)26(30-25)9-5-6-11-27(33)34/h3-4,8,10,12-15,21H,5-7,9,11,16-20H2,1-2H3,(H,33,34)/b8-3+,24-4+,25-10+. The van der Waals surface area contributed by atoms with E-state index in [4.69, 9.17) is 15.1 Å². The van der Waals surface area contributed by atoms with Gasteiger partial charge >= 0.3 is 5.97 Å². The number of carboxylic acids is 1. The van der Waals surface area contributed by atoms with E-state index in [9.17, 15) is 9.18 Å². The fourth-order valence-corrected chi connectivity index (χ4v) is 4.47. The Morgan fingerprint density at radius 1 is 1.12 bits per heavy atom. The van der Waals surface area contributed by atoms with Crippen molar-refractivity contribution in [3.63, 3.8) is 0 Å². The van der Waals surface area contributed by atoms with Crippen molar-refractivity contribution in [1.29, 1.82) is 0 Å². The lowest BCUT2D eigenvalue weighted by Gasteiger charge is -2.30. The van der Waals surface area contributed by atoms with Gasteiger partial charge in [0.1, 0.15) is 5.82 Å². The van der Waals surface area contributed by atoms with Crippen LogP contribution in [0.5, 0.6) is 0 Å². The predicted octanol–water partition coefficient (Wildman–Crippen LogP) is 4.34. The summed E-state index contributed by atoms with van der Waals surface area (Å²) >= 11 is 0. The number of nitrogens with zero attached hydrogens (tertiary/aromatic N) is 3. The normalized spacial score (nSPS) is 16.6. The molecule has 2 aromatic rings. The molecule has 0 amide bonds. The number of piperidine rings is 1. The quantitative estimate of drug-likeness (QED) is 0.418. The maximum absolute atomic E-state index is 13.5. The van der Waals surface area contributed by atoms with E-state index in [1.54, 1.807) is 12.1 Å². The molecule has 2 heterocycles. The number of likely N-dealkylation sites (tertiary alicyclic amines) is 1. The smallest absolute Gasteiger partial charge is 0.303 e. The highest BCUT2D eigenvalue weighted by Crippen LogP contribution is 2.21. The van der Waals surface area contributed by atoms with Crippen LogP contribution in [-0.2, 0) is 11.2 Å². The average Bonchev–Trinajstić information content (AvgIpc) is 2.83. The first-order chi connectivity index (χ1) is 16.5. The summed E-state index contributed by atoms with van der Waals surface area (Å²) in [6, 6.07) is 6.31. The van der Waals surface area contributed by atoms with E-state index in [-0.39, 0.29) is 12.2 Å². The Kier molecular flexibility index (Phi) is 9.95. The van der Waals surface area contributed by atoms with Gasteiger partial charge in [-0.15, -0.1) is 0 Å². The number of halogens is 1. The van der Waals surface area contributed by atoms with Crippen LogP contribution in [0.25, 0.3) is 23.4 Å². The summed E-state index contributed by atoms with van der Waals surface area (Å²) in [5, 5.41) is 10.6. The molecule has 1 aromatic heterocycles. The van der Waals surface area contributed by atoms with Gasteiger partial charge in [0.25, 0.3) is 0 Å². The average molecular weight is 466 g/mol. The predicted molar refractivity (Wildman–Crippen MR) is 135 cm³/mol. The maximum atomic E-state index is 13.5. The zero-order valence-electron chi connectivity index (χ0n) is 20.3. The van der Waals surface area contributed by atoms with Crippen molar-refractivity contribution in [2.75, 3.05) is 19.6 Å². The van der Waals surface area contributed by atoms with E-state index in [2.05, 4.69) is 30.1 Å². The van der Waals surface area contributed by atoms with Gasteiger partial charge in [0.05, 0.1) is 22.1 Å². The first-order valence-corrected chi connectivity index (χ1v) is 12.4. The molecular weight excluding hydrogens is 429 g/mol. The van der Waals surface area contributed by atoms with Crippen molar-refractivity contribution >= 4 is 18.1 Å². The number of aromatic nitrogens is 2. The van der Waals surface area contributed by atoms with Crippen molar-refractivity contribution in [2.45, 2.75) is 58.8 Å². The monoisotopic (exact) mass is 465 g/mol. The number of hydrogen-bond donors (Lipinski definition) is 1. The van der Waals surface area contributed by atoms with Crippen molar-refractivity contribution in [3.8, 4) is 11.3 Å². The molecule has 0 bridgehead atoms. The summed E-state index contributed by atoms with van der Waals surface area (Å²) in [6.45, 7) is 7.29. The molecule has 1 aromatic carbocycles. The third-order valence-corrected chi connectivity index (χ3v) is 6.35. The zero-order valence-corrected chi connectivity index (χ0v) is 20.3. The van der Waals surface area contributed by atoms with Crippen LogP contribution in [0.1, 0.15) is 58.1 Å². The van der Waals surface area contributed by atoms with Crippen LogP contribution in [-0.4, -0.2) is 45.6 Å². The Bertz CT molecular complexity index is 1090. The molecule has 0 saturated carbocycles. The molecule has 1 N–H and O–H groups in total. The highest BCUT2D eigenvalue weighted by atomic mass is 19.1. The third-order valence-electron chi connectivity index (χ3n) is 6.35. The number of carboxylic acid groups (broad SMARTS) is 1. The van der Waals surface area contributed by atoms with E-state index in [0.29, 0.717) is 25.2 Å². The molecule has 1 aliphatic heterocycles. The van der Waals surface area contributed by atoms with E-state index < -0.39 is 5.97 Å². The van der Waals surface area contributed by atoms with Crippen molar-refractivity contribution in [2.24, 2.45) is 5.92 Å². The molecule has 0 atom stereocenters. The minimum absolute atomic E-state index is 0.143. The van der Waals surface area contributed by atoms with Crippen LogP contribution in [0.4, 0.5) is 4.39 Å². The molecule has 0 aliphatic carbocycles. The van der Waals surface area contributed by atoms with Gasteiger partial charge in [-0.1, -0.05) is 24.3 Å². The summed E-state index contributed by atoms with van der Waals surface area (Å²) in [4.78, 5) is 23.3. The molecule has 1 fully saturated rings. The maximum Gasteiger partial charge on any atom is 0.303 e. The summed E-state index contributed by atoms with van der Waals surface area (Å²) in [6.07, 6.45) is 14.0. The summed E-state index contributed by atoms with van der Waals surface area (Å²) < 4.78 is 13.5. The van der Waals surface area contributed by atoms with Gasteiger partial charge in [-0.2, -0.15) is 0 Å². The molecule has 182 valence electrons. The molecular formula is C28H36FN3O2. The minimum Gasteiger partial charge on any atom is -0.481 e. The van der Waals surface area contributed by atoms with Crippen LogP contribution >= 0.6 is 0 Å². The number of unbranched alkanes of at least 4 members (excludes halogenated alkanes) is 1. The highest BCUT2D eigenvalue weighted by Gasteiger charge is 2.16. The van der Waals surface area contributed by atoms with E-state index in [1.165, 1.54) is 25.0 Å². The molecule has 0 unspecified atom stereocenters. The number of aryl methyl sites for hydroxylation is 1. The largest absolute Gasteiger partial charge is 0.481 e. The number of hydrogen-bond acceptors (Lipinski definition) is 4. The van der Waals surface area contributed by atoms with Gasteiger partial charge in [-0.25, -0.2) is 14.4 Å². The van der Waals surface area contributed by atoms with Crippen LogP contribution < -0.4 is 10.7 Å². The van der Waals surface area contributed by atoms with Crippen LogP contribution in [0.3, 0.4) is 0 Å². The van der Waals surface area contributed by atoms with Gasteiger partial charge < -0.3 is 10.0 Å². The fourth-order valence-electron chi connectivity index (χ4n) is 4.47. The second-order valence-electron chi connectivity index (χ2n) is 8.88. The summed E-state index contributed by atoms with van der Waals surface area (Å²) in [5.74, 6) is -0.369. The molecule has 1 aliphatic rings. The number of allylic oxidation sites excluding steroid dienone is 2. The van der Waals surface area contributed by atoms with Crippen molar-refractivity contribution in [3.05, 3.63) is 58.6 Å². The minimum atomic E-state index is -0.787. The van der Waals surface area contributed by atoms with Gasteiger partial charge in [0.2, 0.25) is 0 Å². The second kappa shape index (κ2) is 13.1. The lowest BCUT2D eigenvalue weighted by molar-refractivity contribution is -0.137. The number of rotatable bonds is 10. The number of carbonyl (C=O) groups is 1. The number of benzene rings is 1. The molecule has 6 heteroatoms. The van der Waals surface area contributed by atoms with Gasteiger partial charge in [0.15, 0.2) is 0 Å². The van der Waals surface area contributed by atoms with Crippen LogP contribution in [0, 0.1) is 11.7 Å². The Hall–Kier alpha value is -2.86. The number of aliphatic carboxylic acids is 1. The van der Waals surface area contributed by atoms with Gasteiger partial charge in [0, 0.05) is 18.5 Å². The molecule has 1 saturated heterocycles. The van der Waals surface area contributed by atoms with Crippen LogP contribution in [0.2, 0.25) is 0 Å². The van der Waals surface area contributed by atoms with E-state index >= 15 is 0 Å². The lowest BCUT2D eigenvalue weighted by atomic mass is 9.96. The Morgan fingerprint density at radius 2 is 1.85 bits per heavy atom. The molecule has 0 spiro atoms. The second-order valence-corrected chi connectivity index (χ2v) is 8.88. The zero-order chi connectivity index (χ0) is 24.3. The first-order valence-electron chi connectivity index (χ1n) is 12.4. The van der Waals surface area contributed by atoms with E-state index in [0.717, 1.165) is 53.7 Å². The summed E-state index contributed by atoms with van der Waals surface area (Å²) in [5.41, 5.74) is 2.40. The SMILES string of the molecule is C/C=C/C1CCN(CC/C=c2/nc(CCCCC(=O)O)c(-c3ccc(F)cc3)n/c2=C/C)CC1. The highest BCUT2D eigenvalue weighted by molar-refractivity contribution is 5.66. The summed E-state index contributed by atoms with van der Waals surface area (Å²) in [7, 11) is 0. The molecule has 34 heavy (non-hydrogen) atoms. The van der Waals surface area contributed by atoms with Crippen molar-refractivity contribution < 1.29 is 14.3 Å². The van der Waals surface area contributed by atoms with Crippen molar-refractivity contribution in [1.82, 2.24) is 14.9 Å². The Morgan fingerprint density at radius 3 is 2.50 bits per heavy atom. The fraction of sp³-hybridized carbons (Fsp3) is 0.464. The Balaban J connectivity index is 1.80. The third kappa shape index (κ3) is 7.59. The molecule has 3 rings (SSSR count). The van der Waals surface area contributed by atoms with Gasteiger partial charge in [-0.3, -0.25) is 4.79 Å². The topological polar surface area (TPSA) is 66.3 Å². The van der Waals surface area contributed by atoms with Gasteiger partial charge in [-0.05, 0) is 95.6 Å². The molecule has 0 radical (unpaired) electrons. The van der Waals surface area contributed by atoms with E-state index in [1.807, 2.05) is 13.0 Å².